The van der Waals surface area contributed by atoms with Crippen LogP contribution in [-0.2, 0) is 0 Å². The molecule has 100 valence electrons. The summed E-state index contributed by atoms with van der Waals surface area (Å²) >= 11 is 0. The van der Waals surface area contributed by atoms with Gasteiger partial charge in [0.25, 0.3) is 0 Å². The van der Waals surface area contributed by atoms with Gasteiger partial charge in [-0.2, -0.15) is 0 Å². The van der Waals surface area contributed by atoms with E-state index in [1.54, 1.807) is 0 Å². The molecule has 0 aromatic rings. The highest BCUT2D eigenvalue weighted by atomic mass is 15.2. The molecular formula is C15H30N2. The fraction of sp³-hybridized carbons (Fsp3) is 1.00. The minimum Gasteiger partial charge on any atom is -0.313 e. The van der Waals surface area contributed by atoms with E-state index in [1.165, 1.54) is 51.7 Å². The van der Waals surface area contributed by atoms with Crippen LogP contribution in [0.3, 0.4) is 0 Å². The highest BCUT2D eigenvalue weighted by Crippen LogP contribution is 2.38. The van der Waals surface area contributed by atoms with Crippen molar-refractivity contribution < 1.29 is 0 Å². The Labute approximate surface area is 107 Å². The van der Waals surface area contributed by atoms with E-state index >= 15 is 0 Å². The molecule has 0 spiro atoms. The average Bonchev–Trinajstić information content (AvgIpc) is 3.11. The van der Waals surface area contributed by atoms with E-state index < -0.39 is 0 Å². The van der Waals surface area contributed by atoms with Crippen molar-refractivity contribution >= 4 is 0 Å². The van der Waals surface area contributed by atoms with Crippen molar-refractivity contribution in [3.63, 3.8) is 0 Å². The average molecular weight is 238 g/mol. The first-order valence-corrected chi connectivity index (χ1v) is 7.68. The predicted molar refractivity (Wildman–Crippen MR) is 74.3 cm³/mol. The lowest BCUT2D eigenvalue weighted by Crippen LogP contribution is -2.42. The quantitative estimate of drug-likeness (QED) is 0.733. The van der Waals surface area contributed by atoms with Gasteiger partial charge >= 0.3 is 0 Å². The highest BCUT2D eigenvalue weighted by Gasteiger charge is 2.38. The molecule has 0 aromatic heterocycles. The second-order valence-corrected chi connectivity index (χ2v) is 6.19. The largest absolute Gasteiger partial charge is 0.313 e. The first-order valence-electron chi connectivity index (χ1n) is 7.68. The Morgan fingerprint density at radius 3 is 2.41 bits per heavy atom. The molecule has 1 saturated heterocycles. The van der Waals surface area contributed by atoms with Gasteiger partial charge < -0.3 is 10.2 Å². The summed E-state index contributed by atoms with van der Waals surface area (Å²) in [6.45, 7) is 12.1. The van der Waals surface area contributed by atoms with E-state index in [4.69, 9.17) is 0 Å². The van der Waals surface area contributed by atoms with Gasteiger partial charge in [0, 0.05) is 19.1 Å². The fourth-order valence-corrected chi connectivity index (χ4v) is 3.43. The Bertz CT molecular complexity index is 231. The molecule has 0 amide bonds. The van der Waals surface area contributed by atoms with Crippen molar-refractivity contribution in [3.05, 3.63) is 0 Å². The number of rotatable bonds is 7. The van der Waals surface area contributed by atoms with E-state index in [1.807, 2.05) is 0 Å². The number of hydrogen-bond donors (Lipinski definition) is 1. The van der Waals surface area contributed by atoms with Crippen LogP contribution in [0.1, 0.15) is 52.9 Å². The van der Waals surface area contributed by atoms with E-state index in [-0.39, 0.29) is 0 Å². The summed E-state index contributed by atoms with van der Waals surface area (Å²) in [5, 5.41) is 3.69. The summed E-state index contributed by atoms with van der Waals surface area (Å²) in [7, 11) is 0. The standard InChI is InChI=1S/C15H30N2/c1-4-15(5-2)9-10-17(12-15)11-14(16-6-3)13-7-8-13/h13-14,16H,4-12H2,1-3H3. The lowest BCUT2D eigenvalue weighted by molar-refractivity contribution is 0.219. The third-order valence-corrected chi connectivity index (χ3v) is 5.13. The first kappa shape index (κ1) is 13.4. The SMILES string of the molecule is CCNC(CN1CCC(CC)(CC)C1)C1CC1. The normalized spacial score (nSPS) is 26.3. The minimum absolute atomic E-state index is 0.639. The zero-order valence-corrected chi connectivity index (χ0v) is 12.0. The summed E-state index contributed by atoms with van der Waals surface area (Å²) in [4.78, 5) is 2.72. The van der Waals surface area contributed by atoms with Crippen LogP contribution in [0.4, 0.5) is 0 Å². The Morgan fingerprint density at radius 2 is 1.94 bits per heavy atom. The van der Waals surface area contributed by atoms with E-state index in [0.29, 0.717) is 5.41 Å². The van der Waals surface area contributed by atoms with Crippen molar-refractivity contribution in [1.82, 2.24) is 10.2 Å². The Balaban J connectivity index is 1.83. The molecule has 2 aliphatic rings. The zero-order chi connectivity index (χ0) is 12.3. The topological polar surface area (TPSA) is 15.3 Å². The Kier molecular flexibility index (Phi) is 4.48. The lowest BCUT2D eigenvalue weighted by Gasteiger charge is -2.28. The van der Waals surface area contributed by atoms with Crippen molar-refractivity contribution in [2.24, 2.45) is 11.3 Å². The summed E-state index contributed by atoms with van der Waals surface area (Å²) in [5.74, 6) is 0.980. The Morgan fingerprint density at radius 1 is 1.24 bits per heavy atom. The molecule has 2 heteroatoms. The fourth-order valence-electron chi connectivity index (χ4n) is 3.43. The van der Waals surface area contributed by atoms with Crippen molar-refractivity contribution in [2.75, 3.05) is 26.2 Å². The maximum atomic E-state index is 3.69. The van der Waals surface area contributed by atoms with Gasteiger partial charge in [0.15, 0.2) is 0 Å². The molecule has 0 aromatic carbocycles. The van der Waals surface area contributed by atoms with Gasteiger partial charge in [0.05, 0.1) is 0 Å². The molecule has 1 atom stereocenters. The van der Waals surface area contributed by atoms with Crippen molar-refractivity contribution in [2.45, 2.75) is 58.9 Å². The second kappa shape index (κ2) is 5.71. The van der Waals surface area contributed by atoms with Crippen LogP contribution in [-0.4, -0.2) is 37.1 Å². The smallest absolute Gasteiger partial charge is 0.0223 e. The van der Waals surface area contributed by atoms with Crippen LogP contribution in [0.15, 0.2) is 0 Å². The summed E-state index contributed by atoms with van der Waals surface area (Å²) < 4.78 is 0. The molecule has 0 bridgehead atoms. The van der Waals surface area contributed by atoms with E-state index in [2.05, 4.69) is 31.0 Å². The molecule has 17 heavy (non-hydrogen) atoms. The van der Waals surface area contributed by atoms with Gasteiger partial charge in [-0.3, -0.25) is 0 Å². The molecular weight excluding hydrogens is 208 g/mol. The number of nitrogens with one attached hydrogen (secondary N) is 1. The predicted octanol–water partition coefficient (Wildman–Crippen LogP) is 2.89. The second-order valence-electron chi connectivity index (χ2n) is 6.19. The van der Waals surface area contributed by atoms with Gasteiger partial charge in [0.2, 0.25) is 0 Å². The molecule has 2 fully saturated rings. The number of likely N-dealkylation sites (N-methyl/N-ethyl adjacent to an activating group) is 1. The summed E-state index contributed by atoms with van der Waals surface area (Å²) in [6, 6.07) is 0.768. The monoisotopic (exact) mass is 238 g/mol. The number of hydrogen-bond acceptors (Lipinski definition) is 2. The lowest BCUT2D eigenvalue weighted by atomic mass is 9.82. The summed E-state index contributed by atoms with van der Waals surface area (Å²) in [6.07, 6.45) is 7.05. The maximum absolute atomic E-state index is 3.69. The molecule has 2 nitrogen and oxygen atoms in total. The molecule has 1 saturated carbocycles. The highest BCUT2D eigenvalue weighted by molar-refractivity contribution is 4.93. The van der Waals surface area contributed by atoms with Crippen LogP contribution >= 0.6 is 0 Å². The van der Waals surface area contributed by atoms with E-state index in [0.717, 1.165) is 18.5 Å². The minimum atomic E-state index is 0.639. The van der Waals surface area contributed by atoms with E-state index in [9.17, 15) is 0 Å². The maximum Gasteiger partial charge on any atom is 0.0223 e. The van der Waals surface area contributed by atoms with Crippen molar-refractivity contribution in [3.8, 4) is 0 Å². The third kappa shape index (κ3) is 3.23. The van der Waals surface area contributed by atoms with Crippen LogP contribution in [0, 0.1) is 11.3 Å². The van der Waals surface area contributed by atoms with Crippen LogP contribution < -0.4 is 5.32 Å². The molecule has 0 radical (unpaired) electrons. The molecule has 1 aliphatic heterocycles. The Hall–Kier alpha value is -0.0800. The first-order chi connectivity index (χ1) is 8.23. The molecule has 1 heterocycles. The van der Waals surface area contributed by atoms with Gasteiger partial charge in [0.1, 0.15) is 0 Å². The third-order valence-electron chi connectivity index (χ3n) is 5.13. The number of likely N-dealkylation sites (tertiary alicyclic amines) is 1. The van der Waals surface area contributed by atoms with Crippen molar-refractivity contribution in [1.29, 1.82) is 0 Å². The zero-order valence-electron chi connectivity index (χ0n) is 12.0. The molecule has 1 N–H and O–H groups in total. The number of nitrogens with zero attached hydrogens (tertiary/aromatic N) is 1. The summed E-state index contributed by atoms with van der Waals surface area (Å²) in [5.41, 5.74) is 0.639. The van der Waals surface area contributed by atoms with Crippen LogP contribution in [0.25, 0.3) is 0 Å². The molecule has 1 aliphatic carbocycles. The molecule has 2 rings (SSSR count). The van der Waals surface area contributed by atoms with Gasteiger partial charge in [-0.25, -0.2) is 0 Å². The van der Waals surface area contributed by atoms with Gasteiger partial charge in [-0.05, 0) is 56.5 Å². The van der Waals surface area contributed by atoms with Crippen LogP contribution in [0.2, 0.25) is 0 Å². The molecule has 1 unspecified atom stereocenters. The van der Waals surface area contributed by atoms with Gasteiger partial charge in [-0.15, -0.1) is 0 Å². The van der Waals surface area contributed by atoms with Gasteiger partial charge in [-0.1, -0.05) is 20.8 Å². The van der Waals surface area contributed by atoms with Crippen LogP contribution in [0.5, 0.6) is 0 Å².